The number of hydrogen-bond donors (Lipinski definition) is 2. The summed E-state index contributed by atoms with van der Waals surface area (Å²) < 4.78 is 5.39. The summed E-state index contributed by atoms with van der Waals surface area (Å²) >= 11 is 0. The molecular weight excluding hydrogens is 206 g/mol. The molecule has 0 aromatic heterocycles. The van der Waals surface area contributed by atoms with E-state index in [9.17, 15) is 4.79 Å². The van der Waals surface area contributed by atoms with E-state index in [1.165, 1.54) is 0 Å². The van der Waals surface area contributed by atoms with Crippen molar-refractivity contribution in [3.63, 3.8) is 0 Å². The van der Waals surface area contributed by atoms with Gasteiger partial charge in [-0.1, -0.05) is 6.92 Å². The van der Waals surface area contributed by atoms with E-state index in [2.05, 4.69) is 10.7 Å². The largest absolute Gasteiger partial charge is 0.459 e. The topological polar surface area (TPSA) is 53.6 Å². The van der Waals surface area contributed by atoms with Crippen LogP contribution in [0.5, 0.6) is 0 Å². The van der Waals surface area contributed by atoms with E-state index in [-0.39, 0.29) is 12.0 Å². The van der Waals surface area contributed by atoms with Gasteiger partial charge in [-0.05, 0) is 20.8 Å². The molecule has 0 aromatic rings. The molecule has 16 heavy (non-hydrogen) atoms. The molecule has 1 saturated heterocycles. The van der Waals surface area contributed by atoms with Crippen molar-refractivity contribution in [2.24, 2.45) is 0 Å². The minimum Gasteiger partial charge on any atom is -0.459 e. The van der Waals surface area contributed by atoms with E-state index >= 15 is 0 Å². The monoisotopic (exact) mass is 229 g/mol. The van der Waals surface area contributed by atoms with Gasteiger partial charge in [0, 0.05) is 26.2 Å². The van der Waals surface area contributed by atoms with E-state index in [1.807, 2.05) is 32.7 Å². The lowest BCUT2D eigenvalue weighted by atomic mass is 10.1. The van der Waals surface area contributed by atoms with Crippen molar-refractivity contribution in [3.8, 4) is 0 Å². The summed E-state index contributed by atoms with van der Waals surface area (Å²) in [5.41, 5.74) is 2.77. The molecule has 1 heterocycles. The van der Waals surface area contributed by atoms with Crippen LogP contribution in [0.2, 0.25) is 0 Å². The molecule has 0 radical (unpaired) electrons. The number of esters is 1. The van der Waals surface area contributed by atoms with Gasteiger partial charge in [-0.25, -0.2) is 5.01 Å². The fraction of sp³-hybridized carbons (Fsp3) is 0.909. The number of nitrogens with one attached hydrogen (secondary N) is 2. The lowest BCUT2D eigenvalue weighted by Gasteiger charge is -2.35. The van der Waals surface area contributed by atoms with E-state index in [1.54, 1.807) is 0 Å². The van der Waals surface area contributed by atoms with E-state index < -0.39 is 5.60 Å². The molecule has 1 aliphatic heterocycles. The van der Waals surface area contributed by atoms with Crippen LogP contribution in [-0.2, 0) is 9.53 Å². The Balaban J connectivity index is 2.57. The van der Waals surface area contributed by atoms with Gasteiger partial charge in [0.25, 0.3) is 0 Å². The second-order valence-electron chi connectivity index (χ2n) is 4.96. The highest BCUT2D eigenvalue weighted by atomic mass is 16.6. The van der Waals surface area contributed by atoms with Gasteiger partial charge in [-0.2, -0.15) is 0 Å². The average molecular weight is 229 g/mol. The van der Waals surface area contributed by atoms with Crippen molar-refractivity contribution in [3.05, 3.63) is 0 Å². The molecule has 0 aromatic carbocycles. The summed E-state index contributed by atoms with van der Waals surface area (Å²) in [4.78, 5) is 12.0. The van der Waals surface area contributed by atoms with Crippen LogP contribution in [0.4, 0.5) is 0 Å². The Hall–Kier alpha value is -0.650. The highest BCUT2D eigenvalue weighted by Crippen LogP contribution is 2.11. The molecule has 2 N–H and O–H groups in total. The van der Waals surface area contributed by atoms with Gasteiger partial charge in [-0.3, -0.25) is 10.2 Å². The standard InChI is InChI=1S/C11H23N3O2/c1-5-13-14-7-6-12-8-9(14)10(15)16-11(2,3)4/h9,12-13H,5-8H2,1-4H3. The first-order chi connectivity index (χ1) is 7.44. The smallest absolute Gasteiger partial charge is 0.326 e. The number of rotatable bonds is 3. The van der Waals surface area contributed by atoms with Gasteiger partial charge in [-0.15, -0.1) is 0 Å². The molecule has 1 rings (SSSR count). The number of hydrogen-bond acceptors (Lipinski definition) is 5. The molecule has 0 saturated carbocycles. The first kappa shape index (κ1) is 13.4. The highest BCUT2D eigenvalue weighted by molar-refractivity contribution is 5.76. The Morgan fingerprint density at radius 1 is 1.56 bits per heavy atom. The predicted molar refractivity (Wildman–Crippen MR) is 62.9 cm³/mol. The fourth-order valence-electron chi connectivity index (χ4n) is 1.68. The molecule has 0 bridgehead atoms. The lowest BCUT2D eigenvalue weighted by Crippen LogP contribution is -2.60. The van der Waals surface area contributed by atoms with Gasteiger partial charge in [0.2, 0.25) is 0 Å². The van der Waals surface area contributed by atoms with Crippen molar-refractivity contribution in [1.82, 2.24) is 15.8 Å². The highest BCUT2D eigenvalue weighted by Gasteiger charge is 2.31. The zero-order valence-electron chi connectivity index (χ0n) is 10.7. The SMILES string of the molecule is CCNN1CCNCC1C(=O)OC(C)(C)C. The van der Waals surface area contributed by atoms with E-state index in [4.69, 9.17) is 4.74 Å². The third-order valence-corrected chi connectivity index (χ3v) is 2.28. The van der Waals surface area contributed by atoms with Crippen molar-refractivity contribution in [2.45, 2.75) is 39.3 Å². The van der Waals surface area contributed by atoms with Gasteiger partial charge in [0.1, 0.15) is 11.6 Å². The summed E-state index contributed by atoms with van der Waals surface area (Å²) in [6, 6.07) is -0.229. The Kier molecular flexibility index (Phi) is 4.70. The molecule has 0 aliphatic carbocycles. The third kappa shape index (κ3) is 4.08. The summed E-state index contributed by atoms with van der Waals surface area (Å²) in [6.45, 7) is 10.9. The Bertz CT molecular complexity index is 236. The number of piperazine rings is 1. The van der Waals surface area contributed by atoms with Crippen molar-refractivity contribution < 1.29 is 9.53 Å². The maximum atomic E-state index is 12.0. The van der Waals surface area contributed by atoms with Crippen molar-refractivity contribution >= 4 is 5.97 Å². The minimum absolute atomic E-state index is 0.166. The molecule has 94 valence electrons. The Morgan fingerprint density at radius 3 is 2.81 bits per heavy atom. The number of nitrogens with zero attached hydrogens (tertiary/aromatic N) is 1. The molecule has 1 atom stereocenters. The van der Waals surface area contributed by atoms with Crippen LogP contribution >= 0.6 is 0 Å². The van der Waals surface area contributed by atoms with Gasteiger partial charge in [0.15, 0.2) is 0 Å². The lowest BCUT2D eigenvalue weighted by molar-refractivity contribution is -0.163. The van der Waals surface area contributed by atoms with Crippen LogP contribution in [0, 0.1) is 0 Å². The summed E-state index contributed by atoms with van der Waals surface area (Å²) in [7, 11) is 0. The second kappa shape index (κ2) is 5.61. The molecule has 1 aliphatic rings. The van der Waals surface area contributed by atoms with Crippen LogP contribution in [0.3, 0.4) is 0 Å². The van der Waals surface area contributed by atoms with Gasteiger partial charge in [0.05, 0.1) is 0 Å². The molecule has 0 amide bonds. The third-order valence-electron chi connectivity index (χ3n) is 2.28. The van der Waals surface area contributed by atoms with E-state index in [0.717, 1.165) is 19.6 Å². The first-order valence-corrected chi connectivity index (χ1v) is 5.88. The normalized spacial score (nSPS) is 23.1. The van der Waals surface area contributed by atoms with Gasteiger partial charge < -0.3 is 10.1 Å². The molecule has 0 spiro atoms. The zero-order chi connectivity index (χ0) is 12.2. The number of carbonyl (C=O) groups is 1. The van der Waals surface area contributed by atoms with Crippen LogP contribution in [0.15, 0.2) is 0 Å². The van der Waals surface area contributed by atoms with E-state index in [0.29, 0.717) is 6.54 Å². The summed E-state index contributed by atoms with van der Waals surface area (Å²) in [5, 5.41) is 5.17. The zero-order valence-corrected chi connectivity index (χ0v) is 10.7. The van der Waals surface area contributed by atoms with Gasteiger partial charge >= 0.3 is 5.97 Å². The van der Waals surface area contributed by atoms with Crippen molar-refractivity contribution in [1.29, 1.82) is 0 Å². The van der Waals surface area contributed by atoms with Crippen LogP contribution in [0.1, 0.15) is 27.7 Å². The average Bonchev–Trinajstić information content (AvgIpc) is 2.16. The molecule has 5 nitrogen and oxygen atoms in total. The predicted octanol–water partition coefficient (Wildman–Crippen LogP) is 0.126. The Labute approximate surface area is 97.5 Å². The summed E-state index contributed by atoms with van der Waals surface area (Å²) in [6.07, 6.45) is 0. The van der Waals surface area contributed by atoms with Crippen LogP contribution in [0.25, 0.3) is 0 Å². The maximum Gasteiger partial charge on any atom is 0.326 e. The quantitative estimate of drug-likeness (QED) is 0.674. The molecule has 1 unspecified atom stereocenters. The first-order valence-electron chi connectivity index (χ1n) is 5.88. The maximum absolute atomic E-state index is 12.0. The van der Waals surface area contributed by atoms with Crippen LogP contribution in [-0.4, -0.2) is 48.8 Å². The van der Waals surface area contributed by atoms with Crippen molar-refractivity contribution in [2.75, 3.05) is 26.2 Å². The second-order valence-corrected chi connectivity index (χ2v) is 4.96. The molecule has 1 fully saturated rings. The summed E-state index contributed by atoms with van der Waals surface area (Å²) in [5.74, 6) is -0.166. The molecular formula is C11H23N3O2. The fourth-order valence-corrected chi connectivity index (χ4v) is 1.68. The minimum atomic E-state index is -0.424. The molecule has 5 heteroatoms. The number of carbonyl (C=O) groups excluding carboxylic acids is 1. The van der Waals surface area contributed by atoms with Crippen LogP contribution < -0.4 is 10.7 Å². The Morgan fingerprint density at radius 2 is 2.25 bits per heavy atom. The number of ether oxygens (including phenoxy) is 1. The number of hydrazine groups is 1.